The third kappa shape index (κ3) is 3.74. The quantitative estimate of drug-likeness (QED) is 0.206. The van der Waals surface area contributed by atoms with Crippen LogP contribution < -0.4 is 0 Å². The molecule has 9 aromatic rings. The minimum absolute atomic E-state index is 0.788. The van der Waals surface area contributed by atoms with Crippen molar-refractivity contribution in [2.45, 2.75) is 0 Å². The van der Waals surface area contributed by atoms with E-state index >= 15 is 0 Å². The number of hydrogen-bond donors (Lipinski definition) is 0. The highest BCUT2D eigenvalue weighted by Gasteiger charge is 2.18. The molecule has 9 rings (SSSR count). The molecule has 4 aromatic heterocycles. The predicted octanol–water partition coefficient (Wildman–Crippen LogP) is 10.2. The second-order valence-corrected chi connectivity index (χ2v) is 10.8. The molecule has 0 aliphatic carbocycles. The lowest BCUT2D eigenvalue weighted by atomic mass is 9.93. The molecular weight excluding hydrogens is 526 g/mol. The summed E-state index contributed by atoms with van der Waals surface area (Å²) in [5.74, 6) is 0. The minimum Gasteiger partial charge on any atom is -0.455 e. The summed E-state index contributed by atoms with van der Waals surface area (Å²) < 4.78 is 6.75. The lowest BCUT2D eigenvalue weighted by molar-refractivity contribution is 0.670. The molecule has 4 nitrogen and oxygen atoms in total. The second kappa shape index (κ2) is 9.33. The van der Waals surface area contributed by atoms with Crippen molar-refractivity contribution in [3.8, 4) is 33.9 Å². The van der Waals surface area contributed by atoms with Gasteiger partial charge >= 0.3 is 0 Å². The maximum Gasteiger partial charge on any atom is 0.143 e. The van der Waals surface area contributed by atoms with Crippen molar-refractivity contribution >= 4 is 54.3 Å². The van der Waals surface area contributed by atoms with Gasteiger partial charge in [-0.2, -0.15) is 0 Å². The summed E-state index contributed by atoms with van der Waals surface area (Å²) >= 11 is 0. The summed E-state index contributed by atoms with van der Waals surface area (Å²) in [6, 6.07) is 44.2. The summed E-state index contributed by atoms with van der Waals surface area (Å²) in [4.78, 5) is 14.1. The first-order valence-electron chi connectivity index (χ1n) is 14.4. The summed E-state index contributed by atoms with van der Waals surface area (Å²) in [5.41, 5.74) is 6.93. The Bertz CT molecular complexity index is 2440. The highest BCUT2D eigenvalue weighted by molar-refractivity contribution is 6.28. The molecule has 0 N–H and O–H groups in total. The Morgan fingerprint density at radius 2 is 0.930 bits per heavy atom. The van der Waals surface area contributed by atoms with Gasteiger partial charge in [-0.3, -0.25) is 9.97 Å². The number of para-hydroxylation sites is 1. The first kappa shape index (κ1) is 23.8. The van der Waals surface area contributed by atoms with Crippen molar-refractivity contribution in [1.29, 1.82) is 0 Å². The van der Waals surface area contributed by atoms with E-state index in [9.17, 15) is 0 Å². The first-order chi connectivity index (χ1) is 21.3. The highest BCUT2D eigenvalue weighted by atomic mass is 16.3. The Morgan fingerprint density at radius 3 is 1.51 bits per heavy atom. The topological polar surface area (TPSA) is 51.8 Å². The number of nitrogens with zero attached hydrogens (tertiary/aromatic N) is 3. The monoisotopic (exact) mass is 549 g/mol. The molecular formula is C39H23N3O. The number of aromatic nitrogens is 3. The van der Waals surface area contributed by atoms with Crippen molar-refractivity contribution in [2.24, 2.45) is 0 Å². The van der Waals surface area contributed by atoms with Gasteiger partial charge in [-0.25, -0.2) is 4.98 Å². The zero-order valence-corrected chi connectivity index (χ0v) is 23.0. The standard InChI is InChI=1S/C39H23N3O/c1-3-12-28-26(10-1)27-11-2-4-13-29(27)32-23-38-33(22-31(28)32)30-15-9-14-25(39(30)43-38)24-20-36(34-16-5-7-18-40-34)42-37(21-24)35-17-6-8-19-41-35/h1-23H. The molecule has 0 unspecified atom stereocenters. The van der Waals surface area contributed by atoms with E-state index in [1.807, 2.05) is 36.4 Å². The van der Waals surface area contributed by atoms with Crippen LogP contribution >= 0.6 is 0 Å². The Kier molecular flexibility index (Phi) is 5.16. The van der Waals surface area contributed by atoms with Crippen LogP contribution in [0.15, 0.2) is 144 Å². The first-order valence-corrected chi connectivity index (χ1v) is 14.4. The van der Waals surface area contributed by atoms with Crippen LogP contribution in [-0.2, 0) is 0 Å². The fourth-order valence-electron chi connectivity index (χ4n) is 6.40. The fraction of sp³-hybridized carbons (Fsp3) is 0. The molecule has 0 aliphatic rings. The van der Waals surface area contributed by atoms with E-state index in [4.69, 9.17) is 9.40 Å². The number of pyridine rings is 3. The molecule has 4 heteroatoms. The van der Waals surface area contributed by atoms with Crippen LogP contribution in [0.1, 0.15) is 0 Å². The fourth-order valence-corrected chi connectivity index (χ4v) is 6.40. The molecule has 4 heterocycles. The maximum atomic E-state index is 6.75. The Labute approximate surface area is 246 Å². The number of furan rings is 1. The van der Waals surface area contributed by atoms with Crippen LogP contribution in [0.4, 0.5) is 0 Å². The highest BCUT2D eigenvalue weighted by Crippen LogP contribution is 2.42. The Balaban J connectivity index is 1.34. The molecule has 0 bridgehead atoms. The lowest BCUT2D eigenvalue weighted by Gasteiger charge is -2.10. The van der Waals surface area contributed by atoms with Crippen LogP contribution in [0.5, 0.6) is 0 Å². The summed E-state index contributed by atoms with van der Waals surface area (Å²) in [6.45, 7) is 0. The molecule has 0 radical (unpaired) electrons. The van der Waals surface area contributed by atoms with Gasteiger partial charge in [0.05, 0.1) is 22.8 Å². The number of fused-ring (bicyclic) bond motifs is 9. The van der Waals surface area contributed by atoms with Gasteiger partial charge < -0.3 is 4.42 Å². The van der Waals surface area contributed by atoms with Gasteiger partial charge in [0.25, 0.3) is 0 Å². The van der Waals surface area contributed by atoms with Gasteiger partial charge in [-0.05, 0) is 86.4 Å². The average molecular weight is 550 g/mol. The van der Waals surface area contributed by atoms with Crippen molar-refractivity contribution < 1.29 is 4.42 Å². The second-order valence-electron chi connectivity index (χ2n) is 10.8. The van der Waals surface area contributed by atoms with Crippen molar-refractivity contribution in [3.63, 3.8) is 0 Å². The zero-order valence-electron chi connectivity index (χ0n) is 23.0. The van der Waals surface area contributed by atoms with Gasteiger partial charge in [0.15, 0.2) is 0 Å². The smallest absolute Gasteiger partial charge is 0.143 e. The van der Waals surface area contributed by atoms with E-state index in [1.54, 1.807) is 12.4 Å². The SMILES string of the molecule is c1ccc(-c2cc(-c3cccc4c3oc3cc5c6ccccc6c6ccccc6c5cc34)cc(-c3ccccn3)n2)nc1. The molecule has 0 atom stereocenters. The van der Waals surface area contributed by atoms with E-state index in [-0.39, 0.29) is 0 Å². The number of hydrogen-bond acceptors (Lipinski definition) is 4. The normalized spacial score (nSPS) is 11.7. The van der Waals surface area contributed by atoms with Crippen molar-refractivity contribution in [2.75, 3.05) is 0 Å². The number of rotatable bonds is 3. The van der Waals surface area contributed by atoms with Gasteiger partial charge in [0, 0.05) is 28.7 Å². The van der Waals surface area contributed by atoms with E-state index in [1.165, 1.54) is 32.3 Å². The van der Waals surface area contributed by atoms with Crippen LogP contribution in [-0.4, -0.2) is 15.0 Å². The molecule has 0 spiro atoms. The predicted molar refractivity (Wildman–Crippen MR) is 176 cm³/mol. The maximum absolute atomic E-state index is 6.75. The average Bonchev–Trinajstić information content (AvgIpc) is 3.46. The zero-order chi connectivity index (χ0) is 28.3. The van der Waals surface area contributed by atoms with Crippen molar-refractivity contribution in [3.05, 3.63) is 140 Å². The molecule has 5 aromatic carbocycles. The molecule has 0 amide bonds. The van der Waals surface area contributed by atoms with Crippen LogP contribution in [0.2, 0.25) is 0 Å². The van der Waals surface area contributed by atoms with E-state index in [0.717, 1.165) is 55.8 Å². The lowest BCUT2D eigenvalue weighted by Crippen LogP contribution is -1.94. The summed E-state index contributed by atoms with van der Waals surface area (Å²) in [7, 11) is 0. The summed E-state index contributed by atoms with van der Waals surface area (Å²) in [6.07, 6.45) is 3.59. The molecule has 200 valence electrons. The van der Waals surface area contributed by atoms with Gasteiger partial charge in [-0.15, -0.1) is 0 Å². The summed E-state index contributed by atoms with van der Waals surface area (Å²) in [5, 5.41) is 9.61. The molecule has 0 saturated carbocycles. The third-order valence-corrected chi connectivity index (χ3v) is 8.35. The number of benzene rings is 5. The van der Waals surface area contributed by atoms with Gasteiger partial charge in [0.2, 0.25) is 0 Å². The molecule has 0 aliphatic heterocycles. The largest absolute Gasteiger partial charge is 0.455 e. The van der Waals surface area contributed by atoms with E-state index < -0.39 is 0 Å². The molecule has 0 fully saturated rings. The molecule has 43 heavy (non-hydrogen) atoms. The third-order valence-electron chi connectivity index (χ3n) is 8.35. The van der Waals surface area contributed by atoms with Crippen LogP contribution in [0.25, 0.3) is 88.2 Å². The Morgan fingerprint density at radius 1 is 0.395 bits per heavy atom. The Hall–Kier alpha value is -5.87. The minimum atomic E-state index is 0.788. The van der Waals surface area contributed by atoms with Crippen LogP contribution in [0.3, 0.4) is 0 Å². The van der Waals surface area contributed by atoms with Crippen LogP contribution in [0, 0.1) is 0 Å². The van der Waals surface area contributed by atoms with E-state index in [0.29, 0.717) is 0 Å². The molecule has 0 saturated heterocycles. The van der Waals surface area contributed by atoms with Gasteiger partial charge in [0.1, 0.15) is 11.2 Å². The van der Waals surface area contributed by atoms with E-state index in [2.05, 4.69) is 101 Å². The van der Waals surface area contributed by atoms with Crippen molar-refractivity contribution in [1.82, 2.24) is 15.0 Å². The van der Waals surface area contributed by atoms with Gasteiger partial charge in [-0.1, -0.05) is 78.9 Å².